The van der Waals surface area contributed by atoms with Gasteiger partial charge >= 0.3 is 43.7 Å². The molecule has 1 heteroatoms. The quantitative estimate of drug-likeness (QED) is 0.393. The van der Waals surface area contributed by atoms with Crippen LogP contribution in [0, 0.1) is 0 Å². The summed E-state index contributed by atoms with van der Waals surface area (Å²) in [6.07, 6.45) is 4.19. The molecule has 5 heavy (non-hydrogen) atoms. The van der Waals surface area contributed by atoms with E-state index >= 15 is 0 Å². The number of allylic oxidation sites excluding steroid dienone is 2. The Balaban J connectivity index is 2.62. The summed E-state index contributed by atoms with van der Waals surface area (Å²) in [4.78, 5) is 1.17. The first-order valence-corrected chi connectivity index (χ1v) is 3.03. The molecule has 0 spiro atoms. The van der Waals surface area contributed by atoms with Gasteiger partial charge in [0.2, 0.25) is 0 Å². The summed E-state index contributed by atoms with van der Waals surface area (Å²) in [5.41, 5.74) is 0. The van der Waals surface area contributed by atoms with Crippen LogP contribution in [-0.4, -0.2) is 0 Å². The molecular formula is C4H7Mo. The van der Waals surface area contributed by atoms with Crippen LogP contribution in [0.25, 0.3) is 0 Å². The summed E-state index contributed by atoms with van der Waals surface area (Å²) in [7, 11) is 0. The molecule has 0 unspecified atom stereocenters. The number of hydrogen-bond acceptors (Lipinski definition) is 0. The van der Waals surface area contributed by atoms with Crippen LogP contribution < -0.4 is 0 Å². The van der Waals surface area contributed by atoms with E-state index in [2.05, 4.69) is 32.0 Å². The summed E-state index contributed by atoms with van der Waals surface area (Å²) in [5.74, 6) is 0. The zero-order chi connectivity index (χ0) is 4.12. The van der Waals surface area contributed by atoms with Gasteiger partial charge in [-0.2, -0.15) is 0 Å². The second kappa shape index (κ2) is 4.43. The van der Waals surface area contributed by atoms with Gasteiger partial charge in [-0.15, -0.1) is 0 Å². The van der Waals surface area contributed by atoms with Crippen LogP contribution in [0.4, 0.5) is 0 Å². The summed E-state index contributed by atoms with van der Waals surface area (Å²) in [5, 5.41) is 0. The second-order valence-corrected chi connectivity index (χ2v) is 1.56. The Morgan fingerprint density at radius 3 is 2.40 bits per heavy atom. The molecule has 0 saturated heterocycles. The van der Waals surface area contributed by atoms with E-state index in [9.17, 15) is 0 Å². The van der Waals surface area contributed by atoms with Crippen molar-refractivity contribution in [3.05, 3.63) is 12.2 Å². The molecule has 0 radical (unpaired) electrons. The van der Waals surface area contributed by atoms with Gasteiger partial charge in [0, 0.05) is 0 Å². The van der Waals surface area contributed by atoms with Crippen molar-refractivity contribution in [2.24, 2.45) is 0 Å². The molecule has 0 aromatic rings. The average Bonchev–Trinajstić information content (AvgIpc) is 1.41. The minimum atomic E-state index is 1.17. The first kappa shape index (κ1) is 5.43. The maximum absolute atomic E-state index is 2.13. The first-order valence-electron chi connectivity index (χ1n) is 1.61. The van der Waals surface area contributed by atoms with Crippen molar-refractivity contribution in [3.8, 4) is 0 Å². The van der Waals surface area contributed by atoms with Gasteiger partial charge in [0.05, 0.1) is 0 Å². The Morgan fingerprint density at radius 2 is 2.40 bits per heavy atom. The average molecular weight is 151 g/mol. The van der Waals surface area contributed by atoms with E-state index in [1.807, 2.05) is 6.92 Å². The molecule has 0 rings (SSSR count). The van der Waals surface area contributed by atoms with Gasteiger partial charge in [0.25, 0.3) is 0 Å². The van der Waals surface area contributed by atoms with E-state index < -0.39 is 0 Å². The van der Waals surface area contributed by atoms with Crippen LogP contribution in [0.2, 0.25) is 4.81 Å². The van der Waals surface area contributed by atoms with E-state index in [1.165, 1.54) is 4.81 Å². The molecule has 0 aliphatic rings. The van der Waals surface area contributed by atoms with Gasteiger partial charge in [-0.25, -0.2) is 0 Å². The number of rotatable bonds is 1. The van der Waals surface area contributed by atoms with Crippen LogP contribution >= 0.6 is 0 Å². The van der Waals surface area contributed by atoms with Gasteiger partial charge in [0.15, 0.2) is 0 Å². The Kier molecular flexibility index (Phi) is 4.81. The third-order valence-corrected chi connectivity index (χ3v) is 0.805. The molecule has 0 aliphatic carbocycles. The second-order valence-electron chi connectivity index (χ2n) is 0.736. The van der Waals surface area contributed by atoms with Crippen LogP contribution in [0.3, 0.4) is 0 Å². The zero-order valence-electron chi connectivity index (χ0n) is 3.27. The molecule has 0 fully saturated rings. The van der Waals surface area contributed by atoms with Crippen molar-refractivity contribution >= 4 is 0 Å². The van der Waals surface area contributed by atoms with Gasteiger partial charge in [-0.3, -0.25) is 0 Å². The van der Waals surface area contributed by atoms with E-state index in [-0.39, 0.29) is 0 Å². The molecule has 0 aromatic heterocycles. The van der Waals surface area contributed by atoms with Crippen molar-refractivity contribution < 1.29 is 19.8 Å². The minimum absolute atomic E-state index is 1.17. The Hall–Kier alpha value is 0.428. The Bertz CT molecular complexity index is 30.6. The van der Waals surface area contributed by atoms with E-state index in [4.69, 9.17) is 0 Å². The maximum atomic E-state index is 2.13. The molecule has 0 N–H and O–H groups in total. The zero-order valence-corrected chi connectivity index (χ0v) is 5.28. The fourth-order valence-corrected chi connectivity index (χ4v) is 0.569. The van der Waals surface area contributed by atoms with Gasteiger partial charge in [0.1, 0.15) is 0 Å². The normalized spacial score (nSPS) is 9.80. The van der Waals surface area contributed by atoms with E-state index in [1.54, 1.807) is 0 Å². The Morgan fingerprint density at radius 1 is 1.80 bits per heavy atom. The van der Waals surface area contributed by atoms with Crippen molar-refractivity contribution in [3.63, 3.8) is 0 Å². The van der Waals surface area contributed by atoms with Crippen molar-refractivity contribution in [1.82, 2.24) is 0 Å². The molecule has 0 bridgehead atoms. The number of hydrogen-bond donors (Lipinski definition) is 0. The van der Waals surface area contributed by atoms with Gasteiger partial charge in [-0.1, -0.05) is 0 Å². The predicted octanol–water partition coefficient (Wildman–Crippen LogP) is 1.53. The van der Waals surface area contributed by atoms with E-state index in [0.29, 0.717) is 0 Å². The summed E-state index contributed by atoms with van der Waals surface area (Å²) < 4.78 is 0. The molecule has 0 aromatic carbocycles. The van der Waals surface area contributed by atoms with E-state index in [0.717, 1.165) is 0 Å². The third-order valence-electron chi connectivity index (χ3n) is 0.332. The predicted molar refractivity (Wildman–Crippen MR) is 19.6 cm³/mol. The third kappa shape index (κ3) is 4.43. The first-order chi connectivity index (χ1) is 2.41. The van der Waals surface area contributed by atoms with Crippen molar-refractivity contribution in [2.45, 2.75) is 11.7 Å². The fraction of sp³-hybridized carbons (Fsp3) is 0.500. The summed E-state index contributed by atoms with van der Waals surface area (Å²) in [6, 6.07) is 0. The molecule has 0 atom stereocenters. The molecule has 0 amide bonds. The van der Waals surface area contributed by atoms with Gasteiger partial charge < -0.3 is 0 Å². The van der Waals surface area contributed by atoms with Crippen LogP contribution in [0.1, 0.15) is 6.92 Å². The molecule has 0 saturated carbocycles. The summed E-state index contributed by atoms with van der Waals surface area (Å²) in [6.45, 7) is 2.03. The van der Waals surface area contributed by atoms with Crippen molar-refractivity contribution in [2.75, 3.05) is 0 Å². The molecule has 29 valence electrons. The topological polar surface area (TPSA) is 0 Å². The van der Waals surface area contributed by atoms with Crippen molar-refractivity contribution in [1.29, 1.82) is 0 Å². The van der Waals surface area contributed by atoms with Gasteiger partial charge in [-0.05, 0) is 0 Å². The molecule has 0 nitrogen and oxygen atoms in total. The van der Waals surface area contributed by atoms with Crippen LogP contribution in [-0.2, 0) is 19.8 Å². The summed E-state index contributed by atoms with van der Waals surface area (Å²) >= 11 is 2.07. The molecular weight excluding hydrogens is 144 g/mol. The molecule has 0 aliphatic heterocycles. The van der Waals surface area contributed by atoms with Crippen LogP contribution in [0.15, 0.2) is 12.2 Å². The monoisotopic (exact) mass is 153 g/mol. The molecule has 0 heterocycles. The SMILES string of the molecule is CC=C[CH2][Mo]. The van der Waals surface area contributed by atoms with Crippen LogP contribution in [0.5, 0.6) is 0 Å². The fourth-order valence-electron chi connectivity index (χ4n) is 0.0962. The Labute approximate surface area is 44.2 Å². The standard InChI is InChI=1S/C4H7.Mo/c1-3-4-2;/h3-4H,1H2,2H3;.